The van der Waals surface area contributed by atoms with E-state index in [4.69, 9.17) is 10.8 Å². The lowest BCUT2D eigenvalue weighted by atomic mass is 10.0. The molecule has 1 amide bonds. The number of carboxylic acid groups (broad SMARTS) is 1. The molecule has 1 aromatic carbocycles. The highest BCUT2D eigenvalue weighted by atomic mass is 19.2. The molecule has 5 nitrogen and oxygen atoms in total. The van der Waals surface area contributed by atoms with Crippen molar-refractivity contribution in [1.82, 2.24) is 5.32 Å². The second kappa shape index (κ2) is 7.68. The lowest BCUT2D eigenvalue weighted by molar-refractivity contribution is -0.142. The minimum Gasteiger partial charge on any atom is -0.480 e. The van der Waals surface area contributed by atoms with Crippen molar-refractivity contribution in [2.75, 3.05) is 0 Å². The minimum absolute atomic E-state index is 0.156. The maximum absolute atomic E-state index is 13.1. The average Bonchev–Trinajstić information content (AvgIpc) is 2.42. The van der Waals surface area contributed by atoms with Crippen molar-refractivity contribution in [2.24, 2.45) is 5.73 Å². The van der Waals surface area contributed by atoms with Gasteiger partial charge in [0.1, 0.15) is 6.04 Å². The Kier molecular flexibility index (Phi) is 6.23. The third-order valence-electron chi connectivity index (χ3n) is 2.97. The molecule has 21 heavy (non-hydrogen) atoms. The number of nitrogens with one attached hydrogen (secondary N) is 1. The van der Waals surface area contributed by atoms with E-state index in [0.717, 1.165) is 12.1 Å². The molecule has 0 spiro atoms. The zero-order valence-corrected chi connectivity index (χ0v) is 11.6. The summed E-state index contributed by atoms with van der Waals surface area (Å²) in [5.74, 6) is -3.92. The third kappa shape index (κ3) is 5.11. The van der Waals surface area contributed by atoms with Gasteiger partial charge in [-0.3, -0.25) is 4.79 Å². The smallest absolute Gasteiger partial charge is 0.326 e. The first-order chi connectivity index (χ1) is 9.85. The zero-order chi connectivity index (χ0) is 16.0. The molecule has 0 aromatic heterocycles. The Balaban J connectivity index is 2.76. The van der Waals surface area contributed by atoms with E-state index >= 15 is 0 Å². The first-order valence-corrected chi connectivity index (χ1v) is 6.57. The Morgan fingerprint density at radius 2 is 2.00 bits per heavy atom. The van der Waals surface area contributed by atoms with Gasteiger partial charge in [0.15, 0.2) is 11.6 Å². The number of hydrogen-bond donors (Lipinski definition) is 3. The number of hydrogen-bond acceptors (Lipinski definition) is 3. The lowest BCUT2D eigenvalue weighted by Crippen LogP contribution is -2.49. The average molecular weight is 300 g/mol. The summed E-state index contributed by atoms with van der Waals surface area (Å²) in [6, 6.07) is 1.05. The number of benzene rings is 1. The molecule has 2 atom stereocenters. The van der Waals surface area contributed by atoms with E-state index in [9.17, 15) is 18.4 Å². The normalized spacial score (nSPS) is 13.5. The molecule has 0 saturated heterocycles. The van der Waals surface area contributed by atoms with E-state index in [-0.39, 0.29) is 12.0 Å². The highest BCUT2D eigenvalue weighted by Gasteiger charge is 2.23. The summed E-state index contributed by atoms with van der Waals surface area (Å²) in [6.07, 6.45) is 0.968. The number of rotatable bonds is 7. The Labute approximate surface area is 121 Å². The van der Waals surface area contributed by atoms with Crippen LogP contribution in [0.4, 0.5) is 8.78 Å². The summed E-state index contributed by atoms with van der Waals surface area (Å²) >= 11 is 0. The van der Waals surface area contributed by atoms with Crippen molar-refractivity contribution >= 4 is 11.9 Å². The van der Waals surface area contributed by atoms with E-state index in [0.29, 0.717) is 12.8 Å². The van der Waals surface area contributed by atoms with Crippen LogP contribution in [0.3, 0.4) is 0 Å². The van der Waals surface area contributed by atoms with Gasteiger partial charge in [0.05, 0.1) is 6.04 Å². The molecule has 0 aliphatic heterocycles. The summed E-state index contributed by atoms with van der Waals surface area (Å²) in [6.45, 7) is 1.85. The summed E-state index contributed by atoms with van der Waals surface area (Å²) in [5, 5.41) is 11.4. The van der Waals surface area contributed by atoms with Crippen LogP contribution in [0.5, 0.6) is 0 Å². The molecule has 0 aliphatic rings. The molecule has 1 unspecified atom stereocenters. The van der Waals surface area contributed by atoms with Gasteiger partial charge in [-0.25, -0.2) is 13.6 Å². The fourth-order valence-corrected chi connectivity index (χ4v) is 1.82. The van der Waals surface area contributed by atoms with Gasteiger partial charge in [0.25, 0.3) is 0 Å². The number of carboxylic acids is 1. The number of nitrogens with two attached hydrogens (primary N) is 1. The SMILES string of the molecule is CCC[C@H](N)C(=O)NC(Cc1ccc(F)c(F)c1)C(=O)O. The van der Waals surface area contributed by atoms with Crippen LogP contribution in [0.2, 0.25) is 0 Å². The predicted molar refractivity (Wildman–Crippen MR) is 72.5 cm³/mol. The molecule has 7 heteroatoms. The van der Waals surface area contributed by atoms with Gasteiger partial charge >= 0.3 is 5.97 Å². The van der Waals surface area contributed by atoms with Crippen LogP contribution >= 0.6 is 0 Å². The Hall–Kier alpha value is -2.02. The molecule has 0 radical (unpaired) electrons. The predicted octanol–water partition coefficient (Wildman–Crippen LogP) is 1.20. The van der Waals surface area contributed by atoms with Crippen molar-refractivity contribution in [2.45, 2.75) is 38.3 Å². The summed E-state index contributed by atoms with van der Waals surface area (Å²) in [4.78, 5) is 22.9. The lowest BCUT2D eigenvalue weighted by Gasteiger charge is -2.17. The molecule has 0 bridgehead atoms. The first kappa shape index (κ1) is 17.0. The van der Waals surface area contributed by atoms with Crippen LogP contribution in [0.15, 0.2) is 18.2 Å². The largest absolute Gasteiger partial charge is 0.480 e. The topological polar surface area (TPSA) is 92.4 Å². The van der Waals surface area contributed by atoms with Crippen molar-refractivity contribution in [1.29, 1.82) is 0 Å². The number of amides is 1. The van der Waals surface area contributed by atoms with Gasteiger partial charge in [-0.1, -0.05) is 19.4 Å². The molecule has 116 valence electrons. The Bertz CT molecular complexity index is 523. The Morgan fingerprint density at radius 1 is 1.33 bits per heavy atom. The minimum atomic E-state index is -1.27. The highest BCUT2D eigenvalue weighted by molar-refractivity contribution is 5.86. The van der Waals surface area contributed by atoms with Crippen LogP contribution in [0.1, 0.15) is 25.3 Å². The molecule has 0 aliphatic carbocycles. The van der Waals surface area contributed by atoms with Crippen molar-refractivity contribution in [3.8, 4) is 0 Å². The summed E-state index contributed by atoms with van der Waals surface area (Å²) < 4.78 is 25.9. The van der Waals surface area contributed by atoms with Gasteiger partial charge < -0.3 is 16.2 Å². The molecular formula is C14H18F2N2O3. The van der Waals surface area contributed by atoms with E-state index < -0.39 is 35.6 Å². The molecule has 0 heterocycles. The molecule has 1 rings (SSSR count). The van der Waals surface area contributed by atoms with Crippen LogP contribution in [-0.2, 0) is 16.0 Å². The number of carbonyl (C=O) groups is 2. The third-order valence-corrected chi connectivity index (χ3v) is 2.97. The maximum atomic E-state index is 13.1. The monoisotopic (exact) mass is 300 g/mol. The van der Waals surface area contributed by atoms with E-state index in [1.807, 2.05) is 6.92 Å². The molecular weight excluding hydrogens is 282 g/mol. The van der Waals surface area contributed by atoms with Crippen LogP contribution in [0.25, 0.3) is 0 Å². The standard InChI is InChI=1S/C14H18F2N2O3/c1-2-3-11(17)13(19)18-12(14(20)21)7-8-4-5-9(15)10(16)6-8/h4-6,11-12H,2-3,7,17H2,1H3,(H,18,19)(H,20,21)/t11-,12?/m0/s1. The second-order valence-corrected chi connectivity index (χ2v) is 4.75. The van der Waals surface area contributed by atoms with Gasteiger partial charge in [-0.15, -0.1) is 0 Å². The summed E-state index contributed by atoms with van der Waals surface area (Å²) in [5.41, 5.74) is 5.87. The van der Waals surface area contributed by atoms with Crippen LogP contribution in [0, 0.1) is 11.6 Å². The number of halogens is 2. The van der Waals surface area contributed by atoms with E-state index in [1.54, 1.807) is 0 Å². The van der Waals surface area contributed by atoms with Gasteiger partial charge in [0, 0.05) is 6.42 Å². The van der Waals surface area contributed by atoms with Crippen LogP contribution < -0.4 is 11.1 Å². The van der Waals surface area contributed by atoms with Crippen LogP contribution in [-0.4, -0.2) is 29.1 Å². The maximum Gasteiger partial charge on any atom is 0.326 e. The first-order valence-electron chi connectivity index (χ1n) is 6.57. The van der Waals surface area contributed by atoms with Crippen molar-refractivity contribution < 1.29 is 23.5 Å². The fraction of sp³-hybridized carbons (Fsp3) is 0.429. The zero-order valence-electron chi connectivity index (χ0n) is 11.6. The number of aliphatic carboxylic acids is 1. The van der Waals surface area contributed by atoms with Crippen molar-refractivity contribution in [3.05, 3.63) is 35.4 Å². The molecule has 1 aromatic rings. The van der Waals surface area contributed by atoms with E-state index in [2.05, 4.69) is 5.32 Å². The van der Waals surface area contributed by atoms with Gasteiger partial charge in [0.2, 0.25) is 5.91 Å². The van der Waals surface area contributed by atoms with E-state index in [1.165, 1.54) is 6.07 Å². The highest BCUT2D eigenvalue weighted by Crippen LogP contribution is 2.11. The second-order valence-electron chi connectivity index (χ2n) is 4.75. The fourth-order valence-electron chi connectivity index (χ4n) is 1.82. The van der Waals surface area contributed by atoms with Gasteiger partial charge in [-0.2, -0.15) is 0 Å². The van der Waals surface area contributed by atoms with Gasteiger partial charge in [-0.05, 0) is 24.1 Å². The van der Waals surface area contributed by atoms with Crippen molar-refractivity contribution in [3.63, 3.8) is 0 Å². The molecule has 4 N–H and O–H groups in total. The summed E-state index contributed by atoms with van der Waals surface area (Å²) in [7, 11) is 0. The molecule has 0 saturated carbocycles. The Morgan fingerprint density at radius 3 is 2.52 bits per heavy atom. The molecule has 0 fully saturated rings. The quantitative estimate of drug-likeness (QED) is 0.705. The number of carbonyl (C=O) groups excluding carboxylic acids is 1.